The van der Waals surface area contributed by atoms with Gasteiger partial charge in [0.1, 0.15) is 5.69 Å². The topological polar surface area (TPSA) is 56.4 Å². The van der Waals surface area contributed by atoms with Crippen LogP contribution < -0.4 is 5.56 Å². The van der Waals surface area contributed by atoms with Crippen LogP contribution in [-0.4, -0.2) is 52.4 Å². The van der Waals surface area contributed by atoms with Crippen LogP contribution in [0, 0.1) is 17.8 Å². The number of hydrogen-bond donors (Lipinski definition) is 1. The van der Waals surface area contributed by atoms with Crippen LogP contribution in [-0.2, 0) is 0 Å². The first kappa shape index (κ1) is 15.6. The van der Waals surface area contributed by atoms with Gasteiger partial charge in [0.25, 0.3) is 5.91 Å². The zero-order valence-corrected chi connectivity index (χ0v) is 14.7. The quantitative estimate of drug-likeness (QED) is 0.896. The van der Waals surface area contributed by atoms with Gasteiger partial charge in [0.05, 0.1) is 0 Å². The molecule has 134 valence electrons. The highest BCUT2D eigenvalue weighted by molar-refractivity contribution is 5.92. The van der Waals surface area contributed by atoms with Gasteiger partial charge in [0, 0.05) is 37.8 Å². The average Bonchev–Trinajstić information content (AvgIpc) is 2.60. The van der Waals surface area contributed by atoms with Crippen molar-refractivity contribution in [2.75, 3.05) is 26.2 Å². The Labute approximate surface area is 148 Å². The van der Waals surface area contributed by atoms with Gasteiger partial charge in [0.15, 0.2) is 0 Å². The van der Waals surface area contributed by atoms with Crippen LogP contribution >= 0.6 is 0 Å². The molecule has 5 nitrogen and oxygen atoms in total. The van der Waals surface area contributed by atoms with E-state index in [0.29, 0.717) is 11.2 Å². The second-order valence-corrected chi connectivity index (χ2v) is 8.85. The second kappa shape index (κ2) is 5.70. The first-order chi connectivity index (χ1) is 12.1. The minimum atomic E-state index is -0.210. The van der Waals surface area contributed by atoms with Gasteiger partial charge in [0.2, 0.25) is 5.56 Å². The molecule has 0 radical (unpaired) electrons. The monoisotopic (exact) mass is 341 g/mol. The molecule has 5 fully saturated rings. The number of piperazine rings is 1. The lowest BCUT2D eigenvalue weighted by molar-refractivity contribution is -0.0987. The fraction of sp³-hybridized carbons (Fsp3) is 0.700. The Balaban J connectivity index is 1.27. The summed E-state index contributed by atoms with van der Waals surface area (Å²) in [7, 11) is 0. The van der Waals surface area contributed by atoms with Crippen LogP contribution in [0.5, 0.6) is 0 Å². The number of aromatic amines is 1. The molecule has 0 aromatic carbocycles. The number of carbonyl (C=O) groups excluding carboxylic acids is 1. The molecule has 4 bridgehead atoms. The standard InChI is InChI=1S/C20H27N3O2/c24-18-3-1-2-17(21-18)19(25)22-4-6-23(7-5-22)20-11-14-8-15(12-20)10-16(9-14)13-20/h1-3,14-16H,4-13H2,(H,21,24). The minimum Gasteiger partial charge on any atom is -0.335 e. The van der Waals surface area contributed by atoms with E-state index in [2.05, 4.69) is 9.88 Å². The van der Waals surface area contributed by atoms with Gasteiger partial charge < -0.3 is 9.88 Å². The third-order valence-electron chi connectivity index (χ3n) is 7.24. The van der Waals surface area contributed by atoms with E-state index < -0.39 is 0 Å². The van der Waals surface area contributed by atoms with Crippen molar-refractivity contribution in [3.05, 3.63) is 34.2 Å². The maximum Gasteiger partial charge on any atom is 0.270 e. The Morgan fingerprint density at radius 3 is 2.12 bits per heavy atom. The van der Waals surface area contributed by atoms with E-state index in [0.717, 1.165) is 43.9 Å². The number of H-pyrrole nitrogens is 1. The summed E-state index contributed by atoms with van der Waals surface area (Å²) < 4.78 is 0. The number of hydrogen-bond acceptors (Lipinski definition) is 3. The van der Waals surface area contributed by atoms with Crippen molar-refractivity contribution in [3.8, 4) is 0 Å². The van der Waals surface area contributed by atoms with Crippen molar-refractivity contribution < 1.29 is 4.79 Å². The van der Waals surface area contributed by atoms with Gasteiger partial charge in [-0.25, -0.2) is 0 Å². The fourth-order valence-electron chi connectivity index (χ4n) is 6.58. The normalized spacial score (nSPS) is 37.4. The van der Waals surface area contributed by atoms with Gasteiger partial charge in [-0.05, 0) is 62.3 Å². The maximum atomic E-state index is 12.6. The third-order valence-corrected chi connectivity index (χ3v) is 7.24. The van der Waals surface area contributed by atoms with Gasteiger partial charge in [-0.3, -0.25) is 14.5 Å². The van der Waals surface area contributed by atoms with E-state index in [1.54, 1.807) is 12.1 Å². The molecule has 1 aliphatic heterocycles. The molecule has 25 heavy (non-hydrogen) atoms. The lowest BCUT2D eigenvalue weighted by Gasteiger charge is -2.61. The average molecular weight is 341 g/mol. The van der Waals surface area contributed by atoms with E-state index in [4.69, 9.17) is 0 Å². The van der Waals surface area contributed by atoms with Crippen LogP contribution in [0.1, 0.15) is 49.0 Å². The van der Waals surface area contributed by atoms with Crippen LogP contribution in [0.25, 0.3) is 0 Å². The molecule has 0 atom stereocenters. The molecule has 0 unspecified atom stereocenters. The summed E-state index contributed by atoms with van der Waals surface area (Å²) in [5.74, 6) is 2.84. The van der Waals surface area contributed by atoms with Crippen LogP contribution in [0.4, 0.5) is 0 Å². The zero-order chi connectivity index (χ0) is 17.0. The molecular formula is C20H27N3O2. The number of pyridine rings is 1. The van der Waals surface area contributed by atoms with Gasteiger partial charge >= 0.3 is 0 Å². The highest BCUT2D eigenvalue weighted by atomic mass is 16.2. The van der Waals surface area contributed by atoms with Crippen molar-refractivity contribution in [2.24, 2.45) is 17.8 Å². The lowest BCUT2D eigenvalue weighted by atomic mass is 9.52. The van der Waals surface area contributed by atoms with Gasteiger partial charge in [-0.2, -0.15) is 0 Å². The van der Waals surface area contributed by atoms with Crippen LogP contribution in [0.2, 0.25) is 0 Å². The SMILES string of the molecule is O=C(c1cccc(=O)[nH]1)N1CCN(C23CC4CC(CC(C4)C2)C3)CC1. The molecule has 2 heterocycles. The zero-order valence-electron chi connectivity index (χ0n) is 14.7. The summed E-state index contributed by atoms with van der Waals surface area (Å²) in [6, 6.07) is 4.80. The Morgan fingerprint density at radius 2 is 1.56 bits per heavy atom. The molecule has 5 heteroatoms. The van der Waals surface area contributed by atoms with Crippen molar-refractivity contribution in [2.45, 2.75) is 44.1 Å². The van der Waals surface area contributed by atoms with Gasteiger partial charge in [-0.1, -0.05) is 6.07 Å². The van der Waals surface area contributed by atoms with E-state index in [9.17, 15) is 9.59 Å². The number of rotatable bonds is 2. The first-order valence-electron chi connectivity index (χ1n) is 9.85. The van der Waals surface area contributed by atoms with Crippen molar-refractivity contribution >= 4 is 5.91 Å². The molecule has 5 aliphatic rings. The summed E-state index contributed by atoms with van der Waals surface area (Å²) in [5, 5.41) is 0. The maximum absolute atomic E-state index is 12.6. The lowest BCUT2D eigenvalue weighted by Crippen LogP contribution is -2.64. The fourth-order valence-corrected chi connectivity index (χ4v) is 6.58. The highest BCUT2D eigenvalue weighted by Crippen LogP contribution is 2.57. The number of nitrogens with one attached hydrogen (secondary N) is 1. The molecule has 0 spiro atoms. The predicted octanol–water partition coefficient (Wildman–Crippen LogP) is 2.10. The summed E-state index contributed by atoms with van der Waals surface area (Å²) in [6.07, 6.45) is 8.58. The number of amides is 1. The number of aromatic nitrogens is 1. The Kier molecular flexibility index (Phi) is 3.56. The van der Waals surface area contributed by atoms with Crippen molar-refractivity contribution in [1.82, 2.24) is 14.8 Å². The summed E-state index contributed by atoms with van der Waals surface area (Å²) in [5.41, 5.74) is 0.638. The number of carbonyl (C=O) groups is 1. The molecule has 1 aromatic rings. The molecule has 1 N–H and O–H groups in total. The van der Waals surface area contributed by atoms with E-state index in [1.807, 2.05) is 4.90 Å². The Hall–Kier alpha value is -1.62. The summed E-state index contributed by atoms with van der Waals surface area (Å²) >= 11 is 0. The molecule has 6 rings (SSSR count). The summed E-state index contributed by atoms with van der Waals surface area (Å²) in [4.78, 5) is 31.4. The molecule has 1 aromatic heterocycles. The van der Waals surface area contributed by atoms with E-state index >= 15 is 0 Å². The number of nitrogens with zero attached hydrogens (tertiary/aromatic N) is 2. The van der Waals surface area contributed by atoms with E-state index in [1.165, 1.54) is 44.6 Å². The van der Waals surface area contributed by atoms with E-state index in [-0.39, 0.29) is 11.5 Å². The predicted molar refractivity (Wildman–Crippen MR) is 95.4 cm³/mol. The molecule has 4 aliphatic carbocycles. The molecule has 1 amide bonds. The first-order valence-corrected chi connectivity index (χ1v) is 9.85. The molecular weight excluding hydrogens is 314 g/mol. The minimum absolute atomic E-state index is 0.0390. The molecule has 1 saturated heterocycles. The third kappa shape index (κ3) is 2.64. The Morgan fingerprint density at radius 1 is 0.960 bits per heavy atom. The Bertz CT molecular complexity index is 697. The van der Waals surface area contributed by atoms with Crippen LogP contribution in [0.3, 0.4) is 0 Å². The highest BCUT2D eigenvalue weighted by Gasteiger charge is 2.53. The largest absolute Gasteiger partial charge is 0.335 e. The van der Waals surface area contributed by atoms with Crippen molar-refractivity contribution in [3.63, 3.8) is 0 Å². The van der Waals surface area contributed by atoms with Crippen LogP contribution in [0.15, 0.2) is 23.0 Å². The smallest absolute Gasteiger partial charge is 0.270 e. The van der Waals surface area contributed by atoms with Crippen molar-refractivity contribution in [1.29, 1.82) is 0 Å². The second-order valence-electron chi connectivity index (χ2n) is 8.85. The molecule has 4 saturated carbocycles. The summed E-state index contributed by atoms with van der Waals surface area (Å²) in [6.45, 7) is 3.51. The van der Waals surface area contributed by atoms with Gasteiger partial charge in [-0.15, -0.1) is 0 Å².